The van der Waals surface area contributed by atoms with E-state index in [2.05, 4.69) is 10.6 Å². The predicted molar refractivity (Wildman–Crippen MR) is 99.1 cm³/mol. The van der Waals surface area contributed by atoms with Gasteiger partial charge in [-0.2, -0.15) is 0 Å². The molecule has 0 radical (unpaired) electrons. The quantitative estimate of drug-likeness (QED) is 0.787. The maximum atomic E-state index is 13.3. The first-order valence-electron chi connectivity index (χ1n) is 9.49. The molecule has 0 aliphatic carbocycles. The Kier molecular flexibility index (Phi) is 4.03. The first-order valence-corrected chi connectivity index (χ1v) is 9.49. The lowest BCUT2D eigenvalue weighted by Gasteiger charge is -2.32. The Hall–Kier alpha value is -2.41. The molecule has 0 aromatic heterocycles. The van der Waals surface area contributed by atoms with Gasteiger partial charge in [-0.25, -0.2) is 0 Å². The summed E-state index contributed by atoms with van der Waals surface area (Å²) in [4.78, 5) is 40.8. The fourth-order valence-corrected chi connectivity index (χ4v) is 4.98. The van der Waals surface area contributed by atoms with Gasteiger partial charge >= 0.3 is 0 Å². The van der Waals surface area contributed by atoms with E-state index >= 15 is 0 Å². The van der Waals surface area contributed by atoms with Crippen molar-refractivity contribution in [2.45, 2.75) is 38.8 Å². The van der Waals surface area contributed by atoms with Gasteiger partial charge in [-0.05, 0) is 36.1 Å². The molecule has 1 aromatic rings. The fraction of sp³-hybridized carbons (Fsp3) is 0.550. The minimum Gasteiger partial charge on any atom is -0.497 e. The molecule has 3 heterocycles. The van der Waals surface area contributed by atoms with Gasteiger partial charge in [0.15, 0.2) is 0 Å². The number of anilines is 1. The second-order valence-electron chi connectivity index (χ2n) is 7.89. The molecular formula is C20H25N3O4. The summed E-state index contributed by atoms with van der Waals surface area (Å²) in [7, 11) is 1.59. The molecule has 2 saturated heterocycles. The smallest absolute Gasteiger partial charge is 0.250 e. The van der Waals surface area contributed by atoms with E-state index in [0.717, 1.165) is 5.56 Å². The number of nitrogens with zero attached hydrogens (tertiary/aromatic N) is 1. The Balaban J connectivity index is 1.85. The third-order valence-corrected chi connectivity index (χ3v) is 6.25. The maximum Gasteiger partial charge on any atom is 0.250 e. The second-order valence-corrected chi connectivity index (χ2v) is 7.89. The van der Waals surface area contributed by atoms with Gasteiger partial charge in [0.1, 0.15) is 11.3 Å². The molecular weight excluding hydrogens is 346 g/mol. The Morgan fingerprint density at radius 2 is 2.00 bits per heavy atom. The van der Waals surface area contributed by atoms with Crippen molar-refractivity contribution in [1.29, 1.82) is 0 Å². The van der Waals surface area contributed by atoms with Gasteiger partial charge in [-0.1, -0.05) is 20.8 Å². The molecule has 144 valence electrons. The van der Waals surface area contributed by atoms with Crippen molar-refractivity contribution in [1.82, 2.24) is 10.2 Å². The Morgan fingerprint density at radius 3 is 2.63 bits per heavy atom. The fourth-order valence-electron chi connectivity index (χ4n) is 4.98. The van der Waals surface area contributed by atoms with Crippen LogP contribution in [0.5, 0.6) is 5.75 Å². The molecule has 3 amide bonds. The van der Waals surface area contributed by atoms with E-state index in [-0.39, 0.29) is 23.6 Å². The zero-order valence-electron chi connectivity index (χ0n) is 16.0. The van der Waals surface area contributed by atoms with Gasteiger partial charge in [0, 0.05) is 18.3 Å². The Morgan fingerprint density at radius 1 is 1.26 bits per heavy atom. The lowest BCUT2D eigenvalue weighted by atomic mass is 9.73. The molecule has 7 nitrogen and oxygen atoms in total. The molecule has 0 spiro atoms. The van der Waals surface area contributed by atoms with Gasteiger partial charge in [0.25, 0.3) is 5.91 Å². The zero-order chi connectivity index (χ0) is 19.5. The average molecular weight is 371 g/mol. The number of hydrogen-bond donors (Lipinski definition) is 2. The van der Waals surface area contributed by atoms with E-state index in [4.69, 9.17) is 4.74 Å². The largest absolute Gasteiger partial charge is 0.497 e. The van der Waals surface area contributed by atoms with E-state index in [1.807, 2.05) is 26.8 Å². The van der Waals surface area contributed by atoms with Gasteiger partial charge in [-0.3, -0.25) is 24.6 Å². The molecule has 7 heteroatoms. The van der Waals surface area contributed by atoms with Gasteiger partial charge in [0.2, 0.25) is 11.8 Å². The van der Waals surface area contributed by atoms with Crippen molar-refractivity contribution in [3.8, 4) is 5.75 Å². The number of carbonyl (C=O) groups excluding carboxylic acids is 3. The highest BCUT2D eigenvalue weighted by molar-refractivity contribution is 6.14. The first kappa shape index (κ1) is 18.0. The molecule has 27 heavy (non-hydrogen) atoms. The zero-order valence-corrected chi connectivity index (χ0v) is 16.0. The number of carbonyl (C=O) groups is 3. The number of nitrogens with one attached hydrogen (secondary N) is 2. The van der Waals surface area contributed by atoms with Crippen molar-refractivity contribution in [2.24, 2.45) is 17.8 Å². The highest BCUT2D eigenvalue weighted by atomic mass is 16.5. The van der Waals surface area contributed by atoms with Crippen LogP contribution in [-0.2, 0) is 14.4 Å². The molecule has 2 N–H and O–H groups in total. The second kappa shape index (κ2) is 6.05. The van der Waals surface area contributed by atoms with Gasteiger partial charge in [-0.15, -0.1) is 0 Å². The molecule has 4 rings (SSSR count). The standard InChI is InChI=1S/C20H25N3O4/c1-5-8-23-18(25)15-14-16(22-20(15,10(2)3)19(23)26)12-9-11(27-4)6-7-13(12)21-17(14)24/h6-7,9-10,14-16,22H,5,8H2,1-4H3,(H,21,24)/t14-,15-,16-,20-/m0/s1. The Bertz CT molecular complexity index is 837. The number of fused-ring (bicyclic) bond motifs is 5. The van der Waals surface area contributed by atoms with E-state index in [9.17, 15) is 14.4 Å². The topological polar surface area (TPSA) is 87.7 Å². The van der Waals surface area contributed by atoms with Crippen LogP contribution in [0.4, 0.5) is 5.69 Å². The van der Waals surface area contributed by atoms with E-state index in [1.54, 1.807) is 19.2 Å². The number of hydrogen-bond acceptors (Lipinski definition) is 5. The van der Waals surface area contributed by atoms with Gasteiger partial charge in [0.05, 0.1) is 18.9 Å². The van der Waals surface area contributed by atoms with E-state index in [0.29, 0.717) is 24.4 Å². The summed E-state index contributed by atoms with van der Waals surface area (Å²) in [5, 5.41) is 6.36. The molecule has 3 aliphatic rings. The molecule has 4 atom stereocenters. The van der Waals surface area contributed by atoms with Crippen LogP contribution in [0, 0.1) is 17.8 Å². The number of rotatable bonds is 4. The van der Waals surface area contributed by atoms with Crippen LogP contribution in [0.2, 0.25) is 0 Å². The predicted octanol–water partition coefficient (Wildman–Crippen LogP) is 1.70. The molecule has 2 fully saturated rings. The highest BCUT2D eigenvalue weighted by Gasteiger charge is 2.71. The minimum absolute atomic E-state index is 0.131. The lowest BCUT2D eigenvalue weighted by Crippen LogP contribution is -2.55. The number of amides is 3. The average Bonchev–Trinajstić information content (AvgIpc) is 3.11. The SMILES string of the molecule is CCCN1C(=O)[C@@H]2[C@@H]3C(=O)Nc4ccc(OC)cc4[C@@H]3N[C@]2(C(C)C)C1=O. The number of likely N-dealkylation sites (tertiary alicyclic amines) is 1. The highest BCUT2D eigenvalue weighted by Crippen LogP contribution is 2.54. The van der Waals surface area contributed by atoms with E-state index in [1.165, 1.54) is 4.90 Å². The monoisotopic (exact) mass is 371 g/mol. The van der Waals surface area contributed by atoms with Crippen LogP contribution in [0.15, 0.2) is 18.2 Å². The van der Waals surface area contributed by atoms with Crippen molar-refractivity contribution >= 4 is 23.4 Å². The number of methoxy groups -OCH3 is 1. The van der Waals surface area contributed by atoms with Crippen molar-refractivity contribution in [3.05, 3.63) is 23.8 Å². The van der Waals surface area contributed by atoms with Crippen LogP contribution >= 0.6 is 0 Å². The third-order valence-electron chi connectivity index (χ3n) is 6.25. The lowest BCUT2D eigenvalue weighted by molar-refractivity contribution is -0.142. The first-order chi connectivity index (χ1) is 12.9. The number of benzene rings is 1. The van der Waals surface area contributed by atoms with Crippen LogP contribution in [-0.4, -0.2) is 41.8 Å². The molecule has 3 aliphatic heterocycles. The summed E-state index contributed by atoms with van der Waals surface area (Å²) >= 11 is 0. The summed E-state index contributed by atoms with van der Waals surface area (Å²) in [5.41, 5.74) is 0.499. The summed E-state index contributed by atoms with van der Waals surface area (Å²) < 4.78 is 5.33. The van der Waals surface area contributed by atoms with Crippen molar-refractivity contribution < 1.29 is 19.1 Å². The normalized spacial score (nSPS) is 31.7. The number of imide groups is 1. The van der Waals surface area contributed by atoms with Crippen molar-refractivity contribution in [3.63, 3.8) is 0 Å². The van der Waals surface area contributed by atoms with Crippen LogP contribution < -0.4 is 15.4 Å². The molecule has 0 saturated carbocycles. The number of ether oxygens (including phenoxy) is 1. The molecule has 1 aromatic carbocycles. The third kappa shape index (κ3) is 2.21. The van der Waals surface area contributed by atoms with Crippen LogP contribution in [0.3, 0.4) is 0 Å². The summed E-state index contributed by atoms with van der Waals surface area (Å²) in [6.07, 6.45) is 0.693. The maximum absolute atomic E-state index is 13.3. The van der Waals surface area contributed by atoms with Crippen LogP contribution in [0.1, 0.15) is 38.8 Å². The van der Waals surface area contributed by atoms with Crippen molar-refractivity contribution in [2.75, 3.05) is 19.0 Å². The Labute approximate surface area is 158 Å². The summed E-state index contributed by atoms with van der Waals surface area (Å²) in [6, 6.07) is 5.06. The van der Waals surface area contributed by atoms with Crippen LogP contribution in [0.25, 0.3) is 0 Å². The van der Waals surface area contributed by atoms with E-state index < -0.39 is 23.4 Å². The summed E-state index contributed by atoms with van der Waals surface area (Å²) in [5.74, 6) is -1.43. The summed E-state index contributed by atoms with van der Waals surface area (Å²) in [6.45, 7) is 6.18. The molecule has 0 bridgehead atoms. The minimum atomic E-state index is -1.05. The molecule has 0 unspecified atom stereocenters. The van der Waals surface area contributed by atoms with Gasteiger partial charge < -0.3 is 10.1 Å².